The number of rotatable bonds is 4. The molecule has 2 aromatic rings. The van der Waals surface area contributed by atoms with Gasteiger partial charge in [-0.1, -0.05) is 22.0 Å². The number of likely N-dealkylation sites (tertiary alicyclic amines) is 1. The minimum absolute atomic E-state index is 0.133. The summed E-state index contributed by atoms with van der Waals surface area (Å²) in [6.07, 6.45) is 1.17. The van der Waals surface area contributed by atoms with Crippen LogP contribution in [-0.4, -0.2) is 36.8 Å². The highest BCUT2D eigenvalue weighted by Gasteiger charge is 2.34. The van der Waals surface area contributed by atoms with E-state index in [1.807, 2.05) is 22.8 Å². The number of aromatic nitrogens is 1. The summed E-state index contributed by atoms with van der Waals surface area (Å²) in [7, 11) is 3.31. The van der Waals surface area contributed by atoms with Gasteiger partial charge in [0.1, 0.15) is 0 Å². The predicted octanol–water partition coefficient (Wildman–Crippen LogP) is 3.25. The number of halogens is 1. The maximum absolute atomic E-state index is 12.2. The molecule has 0 saturated carbocycles. The zero-order chi connectivity index (χ0) is 18.3. The van der Waals surface area contributed by atoms with E-state index >= 15 is 0 Å². The van der Waals surface area contributed by atoms with Crippen molar-refractivity contribution in [2.24, 2.45) is 5.92 Å². The molecule has 3 heterocycles. The Morgan fingerprint density at radius 1 is 1.12 bits per heavy atom. The number of ether oxygens (including phenoxy) is 2. The maximum Gasteiger partial charge on any atom is 0.250 e. The van der Waals surface area contributed by atoms with E-state index in [4.69, 9.17) is 9.47 Å². The molecule has 0 unspecified atom stereocenters. The molecule has 1 saturated heterocycles. The van der Waals surface area contributed by atoms with Gasteiger partial charge in [-0.3, -0.25) is 9.69 Å². The van der Waals surface area contributed by atoms with Crippen LogP contribution in [0.1, 0.15) is 23.6 Å². The summed E-state index contributed by atoms with van der Waals surface area (Å²) >= 11 is 3.67. The van der Waals surface area contributed by atoms with Crippen molar-refractivity contribution in [3.63, 3.8) is 0 Å². The number of methoxy groups -OCH3 is 2. The zero-order valence-corrected chi connectivity index (χ0v) is 16.7. The molecular weight excluding hydrogens is 396 g/mol. The topological polar surface area (TPSA) is 43.7 Å². The third-order valence-corrected chi connectivity index (χ3v) is 6.24. The molecule has 1 aromatic carbocycles. The van der Waals surface area contributed by atoms with Gasteiger partial charge in [0, 0.05) is 48.3 Å². The lowest BCUT2D eigenvalue weighted by molar-refractivity contribution is 0.114. The molecule has 2 aliphatic rings. The maximum atomic E-state index is 12.2. The number of hydrogen-bond acceptors (Lipinski definition) is 4. The van der Waals surface area contributed by atoms with Gasteiger partial charge in [-0.25, -0.2) is 0 Å². The first-order chi connectivity index (χ1) is 12.6. The van der Waals surface area contributed by atoms with Gasteiger partial charge < -0.3 is 14.0 Å². The van der Waals surface area contributed by atoms with Crippen molar-refractivity contribution >= 4 is 15.9 Å². The van der Waals surface area contributed by atoms with Crippen molar-refractivity contribution < 1.29 is 9.47 Å². The van der Waals surface area contributed by atoms with Gasteiger partial charge >= 0.3 is 0 Å². The average Bonchev–Trinajstić information content (AvgIpc) is 2.64. The third-order valence-electron chi connectivity index (χ3n) is 5.50. The lowest BCUT2D eigenvalue weighted by Gasteiger charge is -2.43. The van der Waals surface area contributed by atoms with Gasteiger partial charge in [0.2, 0.25) is 0 Å². The van der Waals surface area contributed by atoms with Gasteiger partial charge in [-0.15, -0.1) is 0 Å². The Hall–Kier alpha value is -1.79. The molecular formula is C20H23BrN2O3. The molecule has 0 amide bonds. The van der Waals surface area contributed by atoms with Crippen LogP contribution in [0, 0.1) is 5.92 Å². The Morgan fingerprint density at radius 2 is 1.88 bits per heavy atom. The van der Waals surface area contributed by atoms with E-state index in [1.54, 1.807) is 20.3 Å². The summed E-state index contributed by atoms with van der Waals surface area (Å²) in [5, 5.41) is 0. The highest BCUT2D eigenvalue weighted by Crippen LogP contribution is 2.38. The Bertz CT molecular complexity index is 880. The number of piperidine rings is 1. The third kappa shape index (κ3) is 3.16. The van der Waals surface area contributed by atoms with Crippen LogP contribution < -0.4 is 15.0 Å². The summed E-state index contributed by atoms with van der Waals surface area (Å²) in [4.78, 5) is 14.7. The van der Waals surface area contributed by atoms with Gasteiger partial charge in [0.25, 0.3) is 5.56 Å². The molecule has 2 bridgehead atoms. The summed E-state index contributed by atoms with van der Waals surface area (Å²) in [6, 6.07) is 9.68. The summed E-state index contributed by atoms with van der Waals surface area (Å²) in [6.45, 7) is 3.67. The van der Waals surface area contributed by atoms with E-state index < -0.39 is 0 Å². The molecule has 2 aliphatic heterocycles. The predicted molar refractivity (Wildman–Crippen MR) is 104 cm³/mol. The van der Waals surface area contributed by atoms with Crippen LogP contribution in [-0.2, 0) is 13.1 Å². The molecule has 0 radical (unpaired) electrons. The van der Waals surface area contributed by atoms with Crippen molar-refractivity contribution in [2.45, 2.75) is 25.4 Å². The van der Waals surface area contributed by atoms with Crippen LogP contribution in [0.2, 0.25) is 0 Å². The minimum Gasteiger partial charge on any atom is -0.493 e. The van der Waals surface area contributed by atoms with Crippen LogP contribution in [0.15, 0.2) is 39.6 Å². The fourth-order valence-corrected chi connectivity index (χ4v) is 4.83. The quantitative estimate of drug-likeness (QED) is 0.764. The van der Waals surface area contributed by atoms with E-state index in [9.17, 15) is 4.79 Å². The van der Waals surface area contributed by atoms with E-state index in [1.165, 1.54) is 17.7 Å². The van der Waals surface area contributed by atoms with Gasteiger partial charge in [-0.2, -0.15) is 0 Å². The molecule has 0 N–H and O–H groups in total. The Morgan fingerprint density at radius 3 is 2.65 bits per heavy atom. The van der Waals surface area contributed by atoms with Crippen molar-refractivity contribution in [1.29, 1.82) is 0 Å². The lowest BCUT2D eigenvalue weighted by atomic mass is 9.83. The standard InChI is InChI=1S/C20H23BrN2O3/c1-25-18-7-14(16(21)8-19(18)26-2)11-22-9-13-6-15(12-22)17-4-3-5-20(24)23(17)10-13/h3-5,7-8,13,15H,6,9-12H2,1-2H3/t13-,15-/m1/s1. The number of pyridine rings is 1. The molecule has 0 spiro atoms. The van der Waals surface area contributed by atoms with Crippen LogP contribution in [0.5, 0.6) is 11.5 Å². The molecule has 6 heteroatoms. The van der Waals surface area contributed by atoms with E-state index in [0.29, 0.717) is 11.8 Å². The molecule has 138 valence electrons. The zero-order valence-electron chi connectivity index (χ0n) is 15.1. The van der Waals surface area contributed by atoms with Crippen molar-refractivity contribution in [3.8, 4) is 11.5 Å². The molecule has 2 atom stereocenters. The van der Waals surface area contributed by atoms with Crippen LogP contribution >= 0.6 is 15.9 Å². The molecule has 1 fully saturated rings. The van der Waals surface area contributed by atoms with Gasteiger partial charge in [-0.05, 0) is 36.1 Å². The first kappa shape index (κ1) is 17.6. The van der Waals surface area contributed by atoms with Crippen molar-refractivity contribution in [3.05, 3.63) is 56.4 Å². The fraction of sp³-hybridized carbons (Fsp3) is 0.450. The van der Waals surface area contributed by atoms with Crippen LogP contribution in [0.25, 0.3) is 0 Å². The average molecular weight is 419 g/mol. The van der Waals surface area contributed by atoms with Crippen molar-refractivity contribution in [2.75, 3.05) is 27.3 Å². The van der Waals surface area contributed by atoms with Crippen LogP contribution in [0.4, 0.5) is 0 Å². The number of fused-ring (bicyclic) bond motifs is 4. The molecule has 1 aromatic heterocycles. The number of hydrogen-bond donors (Lipinski definition) is 0. The first-order valence-electron chi connectivity index (χ1n) is 8.91. The summed E-state index contributed by atoms with van der Waals surface area (Å²) < 4.78 is 13.8. The number of benzene rings is 1. The Kier molecular flexibility index (Phi) is 4.80. The van der Waals surface area contributed by atoms with E-state index in [0.717, 1.165) is 42.2 Å². The highest BCUT2D eigenvalue weighted by molar-refractivity contribution is 9.10. The molecule has 26 heavy (non-hydrogen) atoms. The lowest BCUT2D eigenvalue weighted by Crippen LogP contribution is -2.46. The van der Waals surface area contributed by atoms with E-state index in [2.05, 4.69) is 26.9 Å². The molecule has 0 aliphatic carbocycles. The Balaban J connectivity index is 1.58. The SMILES string of the molecule is COc1cc(Br)c(CN2C[C@H]3C[C@H](C2)c2cccc(=O)n2C3)cc1OC. The molecule has 4 rings (SSSR count). The second kappa shape index (κ2) is 7.08. The first-order valence-corrected chi connectivity index (χ1v) is 9.71. The summed E-state index contributed by atoms with van der Waals surface area (Å²) in [5.74, 6) is 2.43. The van der Waals surface area contributed by atoms with E-state index in [-0.39, 0.29) is 5.56 Å². The van der Waals surface area contributed by atoms with Gasteiger partial charge in [0.05, 0.1) is 14.2 Å². The second-order valence-electron chi connectivity index (χ2n) is 7.19. The summed E-state index contributed by atoms with van der Waals surface area (Å²) in [5.41, 5.74) is 2.51. The number of nitrogens with zero attached hydrogens (tertiary/aromatic N) is 2. The largest absolute Gasteiger partial charge is 0.493 e. The smallest absolute Gasteiger partial charge is 0.250 e. The van der Waals surface area contributed by atoms with Crippen molar-refractivity contribution in [1.82, 2.24) is 9.47 Å². The fourth-order valence-electron chi connectivity index (χ4n) is 4.38. The Labute approximate surface area is 161 Å². The van der Waals surface area contributed by atoms with Crippen LogP contribution in [0.3, 0.4) is 0 Å². The highest BCUT2D eigenvalue weighted by atomic mass is 79.9. The monoisotopic (exact) mass is 418 g/mol. The normalized spacial score (nSPS) is 22.0. The minimum atomic E-state index is 0.133. The van der Waals surface area contributed by atoms with Gasteiger partial charge in [0.15, 0.2) is 11.5 Å². The second-order valence-corrected chi connectivity index (χ2v) is 8.05. The molecule has 5 nitrogen and oxygen atoms in total.